The summed E-state index contributed by atoms with van der Waals surface area (Å²) in [6, 6.07) is 4.80. The summed E-state index contributed by atoms with van der Waals surface area (Å²) in [5.41, 5.74) is 0.344. The van der Waals surface area contributed by atoms with E-state index >= 15 is 0 Å². The summed E-state index contributed by atoms with van der Waals surface area (Å²) in [6.45, 7) is 5.97. The average Bonchev–Trinajstić information content (AvgIpc) is 2.21. The number of aliphatic hydroxyl groups is 1. The summed E-state index contributed by atoms with van der Waals surface area (Å²) in [4.78, 5) is 0. The number of rotatable bonds is 4. The summed E-state index contributed by atoms with van der Waals surface area (Å²) in [5, 5.41) is 9.16. The number of halogens is 1. The normalized spacial score (nSPS) is 11.5. The molecule has 0 amide bonds. The monoisotopic (exact) mass is 212 g/mol. The van der Waals surface area contributed by atoms with E-state index in [9.17, 15) is 4.39 Å². The SMILES string of the molecule is CCOc1ccc(C(C)(C)CO)cc1F. The van der Waals surface area contributed by atoms with Crippen LogP contribution in [0, 0.1) is 5.82 Å². The molecule has 0 heterocycles. The Morgan fingerprint density at radius 2 is 2.07 bits per heavy atom. The molecule has 0 aliphatic carbocycles. The predicted molar refractivity (Wildman–Crippen MR) is 57.7 cm³/mol. The average molecular weight is 212 g/mol. The lowest BCUT2D eigenvalue weighted by Gasteiger charge is -2.22. The fourth-order valence-corrected chi connectivity index (χ4v) is 1.29. The molecule has 84 valence electrons. The molecule has 3 heteroatoms. The van der Waals surface area contributed by atoms with Crippen LogP contribution in [0.5, 0.6) is 5.75 Å². The van der Waals surface area contributed by atoms with Crippen LogP contribution in [0.2, 0.25) is 0 Å². The highest BCUT2D eigenvalue weighted by Crippen LogP contribution is 2.27. The van der Waals surface area contributed by atoms with E-state index in [1.807, 2.05) is 20.8 Å². The van der Waals surface area contributed by atoms with E-state index in [4.69, 9.17) is 9.84 Å². The Morgan fingerprint density at radius 1 is 1.40 bits per heavy atom. The van der Waals surface area contributed by atoms with Crippen molar-refractivity contribution in [3.63, 3.8) is 0 Å². The van der Waals surface area contributed by atoms with E-state index in [2.05, 4.69) is 0 Å². The van der Waals surface area contributed by atoms with Gasteiger partial charge in [0.05, 0.1) is 13.2 Å². The van der Waals surface area contributed by atoms with Crippen molar-refractivity contribution in [3.8, 4) is 5.75 Å². The molecule has 0 spiro atoms. The maximum Gasteiger partial charge on any atom is 0.165 e. The molecule has 15 heavy (non-hydrogen) atoms. The fourth-order valence-electron chi connectivity index (χ4n) is 1.29. The van der Waals surface area contributed by atoms with Gasteiger partial charge in [-0.15, -0.1) is 0 Å². The molecule has 0 unspecified atom stereocenters. The topological polar surface area (TPSA) is 29.5 Å². The van der Waals surface area contributed by atoms with Crippen molar-refractivity contribution in [3.05, 3.63) is 29.6 Å². The van der Waals surface area contributed by atoms with Gasteiger partial charge in [-0.3, -0.25) is 0 Å². The van der Waals surface area contributed by atoms with Crippen LogP contribution in [0.25, 0.3) is 0 Å². The van der Waals surface area contributed by atoms with E-state index in [0.717, 1.165) is 5.56 Å². The zero-order valence-electron chi connectivity index (χ0n) is 9.38. The van der Waals surface area contributed by atoms with Crippen molar-refractivity contribution in [1.82, 2.24) is 0 Å². The summed E-state index contributed by atoms with van der Waals surface area (Å²) < 4.78 is 18.6. The number of hydrogen-bond acceptors (Lipinski definition) is 2. The van der Waals surface area contributed by atoms with Crippen LogP contribution in [-0.4, -0.2) is 18.3 Å². The first-order chi connectivity index (χ1) is 7.01. The second kappa shape index (κ2) is 4.62. The van der Waals surface area contributed by atoms with Crippen molar-refractivity contribution in [2.45, 2.75) is 26.2 Å². The summed E-state index contributed by atoms with van der Waals surface area (Å²) in [7, 11) is 0. The van der Waals surface area contributed by atoms with E-state index in [0.29, 0.717) is 6.61 Å². The lowest BCUT2D eigenvalue weighted by Crippen LogP contribution is -2.22. The second-order valence-corrected chi connectivity index (χ2v) is 4.12. The van der Waals surface area contributed by atoms with Gasteiger partial charge in [0, 0.05) is 5.41 Å². The lowest BCUT2D eigenvalue weighted by atomic mass is 9.85. The van der Waals surface area contributed by atoms with Gasteiger partial charge in [-0.1, -0.05) is 19.9 Å². The van der Waals surface area contributed by atoms with Gasteiger partial charge in [0.2, 0.25) is 0 Å². The summed E-state index contributed by atoms with van der Waals surface area (Å²) in [6.07, 6.45) is 0. The highest BCUT2D eigenvalue weighted by atomic mass is 19.1. The number of ether oxygens (including phenoxy) is 1. The van der Waals surface area contributed by atoms with E-state index in [1.165, 1.54) is 6.07 Å². The Balaban J connectivity index is 3.01. The lowest BCUT2D eigenvalue weighted by molar-refractivity contribution is 0.218. The quantitative estimate of drug-likeness (QED) is 0.830. The smallest absolute Gasteiger partial charge is 0.165 e. The van der Waals surface area contributed by atoms with Crippen molar-refractivity contribution < 1.29 is 14.2 Å². The third-order valence-electron chi connectivity index (χ3n) is 2.41. The first-order valence-corrected chi connectivity index (χ1v) is 5.05. The second-order valence-electron chi connectivity index (χ2n) is 4.12. The predicted octanol–water partition coefficient (Wildman–Crippen LogP) is 2.49. The third kappa shape index (κ3) is 2.69. The molecule has 0 radical (unpaired) electrons. The minimum atomic E-state index is -0.425. The first-order valence-electron chi connectivity index (χ1n) is 5.05. The molecule has 1 aromatic carbocycles. The number of aliphatic hydroxyl groups excluding tert-OH is 1. The van der Waals surface area contributed by atoms with E-state index in [-0.39, 0.29) is 18.2 Å². The van der Waals surface area contributed by atoms with Gasteiger partial charge in [0.25, 0.3) is 0 Å². The third-order valence-corrected chi connectivity index (χ3v) is 2.41. The van der Waals surface area contributed by atoms with Crippen LogP contribution in [0.1, 0.15) is 26.3 Å². The van der Waals surface area contributed by atoms with Crippen LogP contribution in [0.3, 0.4) is 0 Å². The van der Waals surface area contributed by atoms with Crippen LogP contribution >= 0.6 is 0 Å². The highest BCUT2D eigenvalue weighted by molar-refractivity contribution is 5.33. The van der Waals surface area contributed by atoms with Crippen LogP contribution < -0.4 is 4.74 Å². The summed E-state index contributed by atoms with van der Waals surface area (Å²) in [5.74, 6) is -0.120. The van der Waals surface area contributed by atoms with Gasteiger partial charge >= 0.3 is 0 Å². The van der Waals surface area contributed by atoms with Crippen LogP contribution in [-0.2, 0) is 5.41 Å². The molecule has 1 aromatic rings. The van der Waals surface area contributed by atoms with Gasteiger partial charge in [0.1, 0.15) is 0 Å². The molecular weight excluding hydrogens is 195 g/mol. The standard InChI is InChI=1S/C12H17FO2/c1-4-15-11-6-5-9(7-10(11)13)12(2,3)8-14/h5-7,14H,4,8H2,1-3H3. The van der Waals surface area contributed by atoms with Crippen molar-refractivity contribution in [2.75, 3.05) is 13.2 Å². The van der Waals surface area contributed by atoms with Crippen LogP contribution in [0.4, 0.5) is 4.39 Å². The van der Waals surface area contributed by atoms with Crippen molar-refractivity contribution in [1.29, 1.82) is 0 Å². The minimum Gasteiger partial charge on any atom is -0.491 e. The molecule has 1 rings (SSSR count). The van der Waals surface area contributed by atoms with E-state index in [1.54, 1.807) is 12.1 Å². The molecule has 0 aliphatic rings. The molecule has 1 N–H and O–H groups in total. The molecule has 2 nitrogen and oxygen atoms in total. The Bertz CT molecular complexity index is 334. The fraction of sp³-hybridized carbons (Fsp3) is 0.500. The molecular formula is C12H17FO2. The Hall–Kier alpha value is -1.09. The molecule has 0 aliphatic heterocycles. The zero-order chi connectivity index (χ0) is 11.5. The first kappa shape index (κ1) is 12.0. The maximum atomic E-state index is 13.5. The number of benzene rings is 1. The van der Waals surface area contributed by atoms with Crippen molar-refractivity contribution in [2.24, 2.45) is 0 Å². The molecule has 0 fully saturated rings. The highest BCUT2D eigenvalue weighted by Gasteiger charge is 2.20. The van der Waals surface area contributed by atoms with Gasteiger partial charge in [0.15, 0.2) is 11.6 Å². The summed E-state index contributed by atoms with van der Waals surface area (Å²) >= 11 is 0. The Morgan fingerprint density at radius 3 is 2.53 bits per heavy atom. The molecule has 0 bridgehead atoms. The van der Waals surface area contributed by atoms with Gasteiger partial charge in [-0.2, -0.15) is 0 Å². The molecule has 0 atom stereocenters. The molecule has 0 saturated heterocycles. The zero-order valence-corrected chi connectivity index (χ0v) is 9.38. The molecule has 0 saturated carbocycles. The van der Waals surface area contributed by atoms with Gasteiger partial charge < -0.3 is 9.84 Å². The number of hydrogen-bond donors (Lipinski definition) is 1. The Kier molecular flexibility index (Phi) is 3.69. The largest absolute Gasteiger partial charge is 0.491 e. The minimum absolute atomic E-state index is 0.0135. The van der Waals surface area contributed by atoms with Gasteiger partial charge in [-0.25, -0.2) is 4.39 Å². The van der Waals surface area contributed by atoms with Crippen LogP contribution in [0.15, 0.2) is 18.2 Å². The maximum absolute atomic E-state index is 13.5. The van der Waals surface area contributed by atoms with Crippen molar-refractivity contribution >= 4 is 0 Å². The van der Waals surface area contributed by atoms with E-state index < -0.39 is 5.41 Å². The van der Waals surface area contributed by atoms with Gasteiger partial charge in [-0.05, 0) is 24.6 Å². The molecule has 0 aromatic heterocycles. The Labute approximate surface area is 89.7 Å².